The number of hydrogen-bond acceptors (Lipinski definition) is 4. The molecule has 1 aromatic heterocycles. The Bertz CT molecular complexity index is 875. The van der Waals surface area contributed by atoms with Crippen molar-refractivity contribution in [3.63, 3.8) is 0 Å². The molecular formula is C20H24N6O. The third kappa shape index (κ3) is 5.31. The van der Waals surface area contributed by atoms with E-state index in [4.69, 9.17) is 4.74 Å². The molecule has 1 heterocycles. The zero-order valence-electron chi connectivity index (χ0n) is 15.6. The Morgan fingerprint density at radius 3 is 2.59 bits per heavy atom. The number of ether oxygens (including phenoxy) is 1. The summed E-state index contributed by atoms with van der Waals surface area (Å²) in [4.78, 5) is 8.89. The van der Waals surface area contributed by atoms with Crippen LogP contribution in [0.4, 0.5) is 0 Å². The van der Waals surface area contributed by atoms with Gasteiger partial charge < -0.3 is 15.4 Å². The summed E-state index contributed by atoms with van der Waals surface area (Å²) in [6.45, 7) is 3.85. The first-order valence-corrected chi connectivity index (χ1v) is 8.92. The van der Waals surface area contributed by atoms with Gasteiger partial charge in [0.15, 0.2) is 5.96 Å². The van der Waals surface area contributed by atoms with Crippen LogP contribution in [0.5, 0.6) is 11.5 Å². The number of aliphatic imine (C=N–C) groups is 1. The molecule has 0 radical (unpaired) electrons. The van der Waals surface area contributed by atoms with Crippen LogP contribution < -0.4 is 15.4 Å². The molecule has 0 amide bonds. The SMILES string of the molecule is CCNC(=NCc1ccccc1Oc1ccccc1)NCc1ncnn1C. The number of benzene rings is 2. The van der Waals surface area contributed by atoms with E-state index in [-0.39, 0.29) is 0 Å². The van der Waals surface area contributed by atoms with Crippen LogP contribution in [-0.4, -0.2) is 27.3 Å². The highest BCUT2D eigenvalue weighted by molar-refractivity contribution is 5.79. The van der Waals surface area contributed by atoms with Gasteiger partial charge in [-0.1, -0.05) is 36.4 Å². The van der Waals surface area contributed by atoms with Gasteiger partial charge in [0.1, 0.15) is 23.7 Å². The molecule has 140 valence electrons. The maximum Gasteiger partial charge on any atom is 0.191 e. The van der Waals surface area contributed by atoms with Crippen LogP contribution in [0.15, 0.2) is 65.9 Å². The fourth-order valence-electron chi connectivity index (χ4n) is 2.50. The first kappa shape index (κ1) is 18.4. The van der Waals surface area contributed by atoms with Crippen LogP contribution in [0.3, 0.4) is 0 Å². The van der Waals surface area contributed by atoms with Gasteiger partial charge in [0.25, 0.3) is 0 Å². The Labute approximate surface area is 159 Å². The summed E-state index contributed by atoms with van der Waals surface area (Å²) in [5, 5.41) is 10.6. The largest absolute Gasteiger partial charge is 0.457 e. The van der Waals surface area contributed by atoms with E-state index in [0.29, 0.717) is 13.1 Å². The van der Waals surface area contributed by atoms with E-state index in [1.807, 2.05) is 68.6 Å². The molecule has 0 saturated carbocycles. The number of rotatable bonds is 7. The van der Waals surface area contributed by atoms with Crippen LogP contribution in [-0.2, 0) is 20.1 Å². The van der Waals surface area contributed by atoms with Crippen molar-refractivity contribution < 1.29 is 4.74 Å². The summed E-state index contributed by atoms with van der Waals surface area (Å²) in [6, 6.07) is 17.7. The molecule has 0 spiro atoms. The monoisotopic (exact) mass is 364 g/mol. The van der Waals surface area contributed by atoms with Crippen molar-refractivity contribution in [1.29, 1.82) is 0 Å². The van der Waals surface area contributed by atoms with Crippen molar-refractivity contribution in [2.75, 3.05) is 6.54 Å². The smallest absolute Gasteiger partial charge is 0.191 e. The summed E-state index contributed by atoms with van der Waals surface area (Å²) >= 11 is 0. The Morgan fingerprint density at radius 2 is 1.85 bits per heavy atom. The predicted molar refractivity (Wildman–Crippen MR) is 106 cm³/mol. The van der Waals surface area contributed by atoms with Crippen LogP contribution in [0.2, 0.25) is 0 Å². The first-order chi connectivity index (χ1) is 13.3. The second kappa shape index (κ2) is 9.38. The van der Waals surface area contributed by atoms with Crippen molar-refractivity contribution >= 4 is 5.96 Å². The minimum atomic E-state index is 0.497. The van der Waals surface area contributed by atoms with Crippen LogP contribution >= 0.6 is 0 Å². The fourth-order valence-corrected chi connectivity index (χ4v) is 2.50. The zero-order valence-corrected chi connectivity index (χ0v) is 15.6. The van der Waals surface area contributed by atoms with Crippen LogP contribution in [0.1, 0.15) is 18.3 Å². The van der Waals surface area contributed by atoms with E-state index < -0.39 is 0 Å². The van der Waals surface area contributed by atoms with Crippen molar-refractivity contribution in [2.24, 2.45) is 12.0 Å². The lowest BCUT2D eigenvalue weighted by Crippen LogP contribution is -2.37. The van der Waals surface area contributed by atoms with E-state index >= 15 is 0 Å². The molecule has 0 aliphatic heterocycles. The molecule has 3 aromatic rings. The van der Waals surface area contributed by atoms with E-state index in [2.05, 4.69) is 25.7 Å². The van der Waals surface area contributed by atoms with Gasteiger partial charge in [0.2, 0.25) is 0 Å². The minimum Gasteiger partial charge on any atom is -0.457 e. The van der Waals surface area contributed by atoms with Gasteiger partial charge in [-0.05, 0) is 25.1 Å². The Balaban J connectivity index is 1.69. The van der Waals surface area contributed by atoms with Gasteiger partial charge in [-0.25, -0.2) is 9.98 Å². The molecule has 27 heavy (non-hydrogen) atoms. The standard InChI is InChI=1S/C20H24N6O/c1-3-21-20(23-14-19-24-15-25-26(19)2)22-13-16-9-7-8-12-18(16)27-17-10-5-4-6-11-17/h4-12,15H,3,13-14H2,1-2H3,(H2,21,22,23). The number of nitrogens with one attached hydrogen (secondary N) is 2. The minimum absolute atomic E-state index is 0.497. The second-order valence-electron chi connectivity index (χ2n) is 5.87. The third-order valence-corrected chi connectivity index (χ3v) is 3.91. The predicted octanol–water partition coefficient (Wildman–Crippen LogP) is 2.86. The second-order valence-corrected chi connectivity index (χ2v) is 5.87. The average molecular weight is 364 g/mol. The van der Waals surface area contributed by atoms with Crippen molar-refractivity contribution in [3.05, 3.63) is 72.3 Å². The number of aryl methyl sites for hydroxylation is 1. The third-order valence-electron chi connectivity index (χ3n) is 3.91. The molecule has 0 bridgehead atoms. The molecule has 0 aliphatic rings. The molecule has 0 saturated heterocycles. The lowest BCUT2D eigenvalue weighted by atomic mass is 10.2. The van der Waals surface area contributed by atoms with Gasteiger partial charge in [0, 0.05) is 19.2 Å². The Hall–Kier alpha value is -3.35. The highest BCUT2D eigenvalue weighted by atomic mass is 16.5. The van der Waals surface area contributed by atoms with E-state index in [1.54, 1.807) is 4.68 Å². The van der Waals surface area contributed by atoms with Gasteiger partial charge >= 0.3 is 0 Å². The van der Waals surface area contributed by atoms with E-state index in [9.17, 15) is 0 Å². The van der Waals surface area contributed by atoms with Gasteiger partial charge in [-0.2, -0.15) is 5.10 Å². The number of nitrogens with zero attached hydrogens (tertiary/aromatic N) is 4. The normalized spacial score (nSPS) is 11.3. The Morgan fingerprint density at radius 1 is 1.07 bits per heavy atom. The molecule has 2 N–H and O–H groups in total. The van der Waals surface area contributed by atoms with Crippen molar-refractivity contribution in [2.45, 2.75) is 20.0 Å². The van der Waals surface area contributed by atoms with Gasteiger partial charge in [-0.3, -0.25) is 4.68 Å². The number of aromatic nitrogens is 3. The van der Waals surface area contributed by atoms with Gasteiger partial charge in [0.05, 0.1) is 13.1 Å². The number of para-hydroxylation sites is 2. The zero-order chi connectivity index (χ0) is 18.9. The van der Waals surface area contributed by atoms with E-state index in [1.165, 1.54) is 6.33 Å². The molecule has 0 unspecified atom stereocenters. The Kier molecular flexibility index (Phi) is 6.40. The highest BCUT2D eigenvalue weighted by Crippen LogP contribution is 2.25. The molecular weight excluding hydrogens is 340 g/mol. The summed E-state index contributed by atoms with van der Waals surface area (Å²) in [7, 11) is 1.87. The maximum absolute atomic E-state index is 6.00. The lowest BCUT2D eigenvalue weighted by Gasteiger charge is -2.12. The molecule has 0 fully saturated rings. The molecule has 0 aliphatic carbocycles. The number of guanidine groups is 1. The first-order valence-electron chi connectivity index (χ1n) is 8.92. The van der Waals surface area contributed by atoms with Crippen LogP contribution in [0.25, 0.3) is 0 Å². The molecule has 7 nitrogen and oxygen atoms in total. The summed E-state index contributed by atoms with van der Waals surface area (Å²) < 4.78 is 7.74. The molecule has 7 heteroatoms. The summed E-state index contributed by atoms with van der Waals surface area (Å²) in [5.41, 5.74) is 1.01. The van der Waals surface area contributed by atoms with Crippen LogP contribution in [0, 0.1) is 0 Å². The highest BCUT2D eigenvalue weighted by Gasteiger charge is 2.06. The average Bonchev–Trinajstić information content (AvgIpc) is 3.11. The topological polar surface area (TPSA) is 76.4 Å². The molecule has 3 rings (SSSR count). The molecule has 2 aromatic carbocycles. The lowest BCUT2D eigenvalue weighted by molar-refractivity contribution is 0.476. The van der Waals surface area contributed by atoms with Crippen molar-refractivity contribution in [3.8, 4) is 11.5 Å². The summed E-state index contributed by atoms with van der Waals surface area (Å²) in [6.07, 6.45) is 1.54. The number of hydrogen-bond donors (Lipinski definition) is 2. The van der Waals surface area contributed by atoms with E-state index in [0.717, 1.165) is 35.4 Å². The fraction of sp³-hybridized carbons (Fsp3) is 0.250. The summed E-state index contributed by atoms with van der Waals surface area (Å²) in [5.74, 6) is 3.17. The van der Waals surface area contributed by atoms with Gasteiger partial charge in [-0.15, -0.1) is 0 Å². The van der Waals surface area contributed by atoms with Crippen molar-refractivity contribution in [1.82, 2.24) is 25.4 Å². The molecule has 0 atom stereocenters. The quantitative estimate of drug-likeness (QED) is 0.498. The maximum atomic E-state index is 6.00.